The summed E-state index contributed by atoms with van der Waals surface area (Å²) >= 11 is 0. The van der Waals surface area contributed by atoms with Gasteiger partial charge in [0.15, 0.2) is 5.65 Å². The number of halogens is 1. The highest BCUT2D eigenvalue weighted by Gasteiger charge is 2.20. The Morgan fingerprint density at radius 1 is 0.971 bits per heavy atom. The molecule has 0 radical (unpaired) electrons. The fraction of sp³-hybridized carbons (Fsp3) is 0.0370. The molecule has 0 atom stereocenters. The number of pyridine rings is 1. The van der Waals surface area contributed by atoms with Crippen LogP contribution in [0.3, 0.4) is 0 Å². The summed E-state index contributed by atoms with van der Waals surface area (Å²) in [6.07, 6.45) is 1.47. The van der Waals surface area contributed by atoms with E-state index in [-0.39, 0.29) is 5.82 Å². The summed E-state index contributed by atoms with van der Waals surface area (Å²) in [6, 6.07) is 26.9. The largest absolute Gasteiger partial charge is 0.272 e. The molecule has 3 aromatic carbocycles. The second kappa shape index (κ2) is 9.07. The van der Waals surface area contributed by atoms with E-state index in [9.17, 15) is 9.18 Å². The first-order valence-corrected chi connectivity index (χ1v) is 10.7. The molecule has 2 aromatic heterocycles. The predicted molar refractivity (Wildman–Crippen MR) is 130 cm³/mol. The van der Waals surface area contributed by atoms with Crippen LogP contribution in [0, 0.1) is 12.7 Å². The number of hydrogen-bond donors (Lipinski definition) is 1. The topological polar surface area (TPSA) is 72.2 Å². The summed E-state index contributed by atoms with van der Waals surface area (Å²) in [5.74, 6) is -0.724. The quantitative estimate of drug-likeness (QED) is 0.292. The highest BCUT2D eigenvalue weighted by molar-refractivity contribution is 6.08. The summed E-state index contributed by atoms with van der Waals surface area (Å²) in [5.41, 5.74) is 7.30. The second-order valence-corrected chi connectivity index (χ2v) is 7.70. The van der Waals surface area contributed by atoms with E-state index in [1.54, 1.807) is 22.9 Å². The molecule has 1 amide bonds. The lowest BCUT2D eigenvalue weighted by Crippen LogP contribution is -2.18. The van der Waals surface area contributed by atoms with Gasteiger partial charge >= 0.3 is 0 Å². The van der Waals surface area contributed by atoms with E-state index in [1.165, 1.54) is 18.3 Å². The minimum atomic E-state index is -0.390. The van der Waals surface area contributed by atoms with E-state index >= 15 is 0 Å². The van der Waals surface area contributed by atoms with Gasteiger partial charge in [-0.05, 0) is 42.8 Å². The average molecular weight is 449 g/mol. The third kappa shape index (κ3) is 4.19. The van der Waals surface area contributed by atoms with Crippen LogP contribution in [0.1, 0.15) is 21.6 Å². The van der Waals surface area contributed by atoms with Crippen LogP contribution >= 0.6 is 0 Å². The van der Waals surface area contributed by atoms with Crippen molar-refractivity contribution in [3.05, 3.63) is 114 Å². The van der Waals surface area contributed by atoms with Gasteiger partial charge in [0, 0.05) is 5.56 Å². The number of hydrogen-bond acceptors (Lipinski definition) is 4. The average Bonchev–Trinajstić information content (AvgIpc) is 3.22. The summed E-state index contributed by atoms with van der Waals surface area (Å²) in [7, 11) is 0. The fourth-order valence-electron chi connectivity index (χ4n) is 3.75. The van der Waals surface area contributed by atoms with Crippen molar-refractivity contribution in [3.63, 3.8) is 0 Å². The molecule has 2 heterocycles. The van der Waals surface area contributed by atoms with Gasteiger partial charge in [0.25, 0.3) is 5.91 Å². The van der Waals surface area contributed by atoms with Crippen molar-refractivity contribution in [2.75, 3.05) is 0 Å². The van der Waals surface area contributed by atoms with E-state index in [0.29, 0.717) is 33.5 Å². The predicted octanol–water partition coefficient (Wildman–Crippen LogP) is 5.30. The molecule has 0 aliphatic carbocycles. The van der Waals surface area contributed by atoms with Crippen molar-refractivity contribution in [3.8, 4) is 16.9 Å². The SMILES string of the molecule is Cc1nn(-c2ccccc2)c2nc(-c3ccccc3)cc(C(=O)N/N=C\c3ccc(F)cc3)c12. The lowest BCUT2D eigenvalue weighted by Gasteiger charge is -2.08. The first-order chi connectivity index (χ1) is 16.6. The number of nitrogens with one attached hydrogen (secondary N) is 1. The highest BCUT2D eigenvalue weighted by atomic mass is 19.1. The molecule has 0 aliphatic rings. The third-order valence-electron chi connectivity index (χ3n) is 5.38. The van der Waals surface area contributed by atoms with Crippen molar-refractivity contribution < 1.29 is 9.18 Å². The lowest BCUT2D eigenvalue weighted by atomic mass is 10.1. The number of benzene rings is 3. The molecular formula is C27H20FN5O. The summed E-state index contributed by atoms with van der Waals surface area (Å²) in [4.78, 5) is 18.1. The van der Waals surface area contributed by atoms with Gasteiger partial charge in [0.2, 0.25) is 0 Å². The van der Waals surface area contributed by atoms with Crippen molar-refractivity contribution >= 4 is 23.2 Å². The van der Waals surface area contributed by atoms with E-state index < -0.39 is 5.91 Å². The molecule has 34 heavy (non-hydrogen) atoms. The molecular weight excluding hydrogens is 429 g/mol. The van der Waals surface area contributed by atoms with Crippen molar-refractivity contribution in [1.29, 1.82) is 0 Å². The third-order valence-corrected chi connectivity index (χ3v) is 5.38. The monoisotopic (exact) mass is 449 g/mol. The molecule has 0 aliphatic heterocycles. The van der Waals surface area contributed by atoms with Crippen LogP contribution < -0.4 is 5.43 Å². The Morgan fingerprint density at radius 3 is 2.35 bits per heavy atom. The standard InChI is InChI=1S/C27H20FN5O/c1-18-25-23(27(34)31-29-17-19-12-14-21(28)15-13-19)16-24(20-8-4-2-5-9-20)30-26(25)33(32-18)22-10-6-3-7-11-22/h2-17H,1H3,(H,31,34)/b29-17-. The van der Waals surface area contributed by atoms with Gasteiger partial charge in [0.05, 0.1) is 34.2 Å². The number of aromatic nitrogens is 3. The number of rotatable bonds is 5. The summed E-state index contributed by atoms with van der Waals surface area (Å²) < 4.78 is 14.9. The molecule has 1 N–H and O–H groups in total. The van der Waals surface area contributed by atoms with Gasteiger partial charge < -0.3 is 0 Å². The van der Waals surface area contributed by atoms with Crippen LogP contribution in [0.15, 0.2) is 96.1 Å². The zero-order valence-corrected chi connectivity index (χ0v) is 18.3. The molecule has 0 saturated carbocycles. The number of fused-ring (bicyclic) bond motifs is 1. The first-order valence-electron chi connectivity index (χ1n) is 10.7. The zero-order valence-electron chi connectivity index (χ0n) is 18.3. The first kappa shape index (κ1) is 21.2. The van der Waals surface area contributed by atoms with Gasteiger partial charge in [-0.1, -0.05) is 60.7 Å². The van der Waals surface area contributed by atoms with Crippen molar-refractivity contribution in [1.82, 2.24) is 20.2 Å². The van der Waals surface area contributed by atoms with Crippen LogP contribution in [0.5, 0.6) is 0 Å². The maximum Gasteiger partial charge on any atom is 0.272 e. The number of hydrazone groups is 1. The van der Waals surface area contributed by atoms with Crippen LogP contribution in [0.25, 0.3) is 28.0 Å². The van der Waals surface area contributed by atoms with E-state index in [4.69, 9.17) is 4.98 Å². The molecule has 5 rings (SSSR count). The molecule has 0 bridgehead atoms. The maximum absolute atomic E-state index is 13.2. The van der Waals surface area contributed by atoms with Gasteiger partial charge in [-0.15, -0.1) is 0 Å². The molecule has 6 nitrogen and oxygen atoms in total. The Hall–Kier alpha value is -4.65. The Morgan fingerprint density at radius 2 is 1.65 bits per heavy atom. The highest BCUT2D eigenvalue weighted by Crippen LogP contribution is 2.28. The number of amides is 1. The number of nitrogens with zero attached hydrogens (tertiary/aromatic N) is 4. The Balaban J connectivity index is 1.60. The smallest absolute Gasteiger partial charge is 0.267 e. The minimum Gasteiger partial charge on any atom is -0.267 e. The summed E-state index contributed by atoms with van der Waals surface area (Å²) in [5, 5.41) is 9.38. The van der Waals surface area contributed by atoms with Gasteiger partial charge in [-0.25, -0.2) is 19.5 Å². The number of carbonyl (C=O) groups excluding carboxylic acids is 1. The van der Waals surface area contributed by atoms with Crippen LogP contribution in [0.2, 0.25) is 0 Å². The van der Waals surface area contributed by atoms with E-state index in [2.05, 4.69) is 15.6 Å². The minimum absolute atomic E-state index is 0.334. The number of aryl methyl sites for hydroxylation is 1. The van der Waals surface area contributed by atoms with Crippen LogP contribution in [-0.2, 0) is 0 Å². The van der Waals surface area contributed by atoms with E-state index in [1.807, 2.05) is 67.6 Å². The number of carbonyl (C=O) groups is 1. The van der Waals surface area contributed by atoms with Crippen molar-refractivity contribution in [2.45, 2.75) is 6.92 Å². The molecule has 0 spiro atoms. The van der Waals surface area contributed by atoms with Crippen LogP contribution in [-0.4, -0.2) is 26.9 Å². The Kier molecular flexibility index (Phi) is 5.66. The molecule has 0 saturated heterocycles. The maximum atomic E-state index is 13.2. The number of para-hydroxylation sites is 1. The fourth-order valence-corrected chi connectivity index (χ4v) is 3.75. The van der Waals surface area contributed by atoms with Gasteiger partial charge in [-0.3, -0.25) is 4.79 Å². The molecule has 5 aromatic rings. The lowest BCUT2D eigenvalue weighted by molar-refractivity contribution is 0.0956. The van der Waals surface area contributed by atoms with Gasteiger partial charge in [-0.2, -0.15) is 10.2 Å². The van der Waals surface area contributed by atoms with E-state index in [0.717, 1.165) is 11.3 Å². The zero-order chi connectivity index (χ0) is 23.5. The Bertz CT molecular complexity index is 1490. The van der Waals surface area contributed by atoms with Crippen LogP contribution in [0.4, 0.5) is 4.39 Å². The van der Waals surface area contributed by atoms with Gasteiger partial charge in [0.1, 0.15) is 5.82 Å². The normalized spacial score (nSPS) is 11.2. The summed E-state index contributed by atoms with van der Waals surface area (Å²) in [6.45, 7) is 1.85. The van der Waals surface area contributed by atoms with Crippen molar-refractivity contribution in [2.24, 2.45) is 5.10 Å². The second-order valence-electron chi connectivity index (χ2n) is 7.70. The molecule has 7 heteroatoms. The Labute approximate surface area is 195 Å². The molecule has 0 unspecified atom stereocenters. The molecule has 166 valence electrons. The molecule has 0 fully saturated rings.